The summed E-state index contributed by atoms with van der Waals surface area (Å²) in [5, 5.41) is 8.90. The summed E-state index contributed by atoms with van der Waals surface area (Å²) in [5.41, 5.74) is 5.77. The molecule has 0 spiro atoms. The van der Waals surface area contributed by atoms with Crippen LogP contribution in [-0.4, -0.2) is 40.9 Å². The molecule has 100 valence electrons. The summed E-state index contributed by atoms with van der Waals surface area (Å²) >= 11 is 0. The highest BCUT2D eigenvalue weighted by atomic mass is 16.4. The van der Waals surface area contributed by atoms with Crippen LogP contribution in [0, 0.1) is 5.92 Å². The molecule has 2 rings (SSSR count). The van der Waals surface area contributed by atoms with Crippen LogP contribution in [0.15, 0.2) is 24.3 Å². The highest BCUT2D eigenvalue weighted by molar-refractivity contribution is 5.99. The van der Waals surface area contributed by atoms with Gasteiger partial charge in [-0.2, -0.15) is 0 Å². The van der Waals surface area contributed by atoms with E-state index in [0.717, 1.165) is 0 Å². The van der Waals surface area contributed by atoms with E-state index in [9.17, 15) is 14.4 Å². The molecule has 1 fully saturated rings. The van der Waals surface area contributed by atoms with Gasteiger partial charge in [0, 0.05) is 24.2 Å². The van der Waals surface area contributed by atoms with Gasteiger partial charge in [0.2, 0.25) is 5.91 Å². The number of hydrogen-bond donors (Lipinski definition) is 2. The molecule has 1 saturated heterocycles. The van der Waals surface area contributed by atoms with Gasteiger partial charge in [-0.15, -0.1) is 0 Å². The molecule has 1 aliphatic rings. The van der Waals surface area contributed by atoms with Gasteiger partial charge in [0.05, 0.1) is 5.92 Å². The molecule has 0 saturated carbocycles. The molecule has 3 N–H and O–H groups in total. The van der Waals surface area contributed by atoms with Crippen molar-refractivity contribution >= 4 is 17.8 Å². The van der Waals surface area contributed by atoms with Crippen LogP contribution in [0.2, 0.25) is 0 Å². The predicted octanol–water partition coefficient (Wildman–Crippen LogP) is 0.332. The fraction of sp³-hybridized carbons (Fsp3) is 0.308. The third-order valence-corrected chi connectivity index (χ3v) is 3.22. The Hall–Kier alpha value is -2.37. The molecule has 1 atom stereocenters. The van der Waals surface area contributed by atoms with Gasteiger partial charge < -0.3 is 15.7 Å². The number of primary amides is 1. The molecule has 0 radical (unpaired) electrons. The molecule has 1 aliphatic heterocycles. The normalized spacial score (nSPS) is 18.3. The molecule has 1 heterocycles. The monoisotopic (exact) mass is 262 g/mol. The highest BCUT2D eigenvalue weighted by Gasteiger charge is 2.31. The van der Waals surface area contributed by atoms with E-state index in [1.165, 1.54) is 17.0 Å². The Balaban J connectivity index is 2.14. The number of nitrogens with zero attached hydrogens (tertiary/aromatic N) is 1. The summed E-state index contributed by atoms with van der Waals surface area (Å²) in [4.78, 5) is 35.6. The third kappa shape index (κ3) is 2.73. The third-order valence-electron chi connectivity index (χ3n) is 3.22. The van der Waals surface area contributed by atoms with E-state index in [0.29, 0.717) is 18.5 Å². The van der Waals surface area contributed by atoms with E-state index in [-0.39, 0.29) is 18.0 Å². The van der Waals surface area contributed by atoms with Gasteiger partial charge in [0.25, 0.3) is 5.91 Å². The van der Waals surface area contributed by atoms with Crippen LogP contribution in [0.3, 0.4) is 0 Å². The van der Waals surface area contributed by atoms with Crippen LogP contribution in [0.25, 0.3) is 0 Å². The summed E-state index contributed by atoms with van der Waals surface area (Å²) in [6, 6.07) is 6.13. The van der Waals surface area contributed by atoms with Crippen molar-refractivity contribution < 1.29 is 19.5 Å². The number of rotatable bonds is 3. The summed E-state index contributed by atoms with van der Waals surface area (Å²) in [7, 11) is 0. The first kappa shape index (κ1) is 13.1. The Labute approximate surface area is 109 Å². The lowest BCUT2D eigenvalue weighted by Gasteiger charge is -2.16. The zero-order valence-corrected chi connectivity index (χ0v) is 10.2. The van der Waals surface area contributed by atoms with Gasteiger partial charge in [0.1, 0.15) is 0 Å². The number of carbonyl (C=O) groups excluding carboxylic acids is 2. The SMILES string of the molecule is NC(=O)c1cccc(C(=O)N2CCC(C(=O)O)C2)c1. The predicted molar refractivity (Wildman–Crippen MR) is 66.6 cm³/mol. The summed E-state index contributed by atoms with van der Waals surface area (Å²) < 4.78 is 0. The molecule has 19 heavy (non-hydrogen) atoms. The van der Waals surface area contributed by atoms with Crippen LogP contribution in [0.5, 0.6) is 0 Å². The Morgan fingerprint density at radius 2 is 1.95 bits per heavy atom. The Morgan fingerprint density at radius 1 is 1.26 bits per heavy atom. The van der Waals surface area contributed by atoms with Gasteiger partial charge >= 0.3 is 5.97 Å². The first-order valence-corrected chi connectivity index (χ1v) is 5.91. The van der Waals surface area contributed by atoms with Crippen molar-refractivity contribution in [3.05, 3.63) is 35.4 Å². The number of aliphatic carboxylic acids is 1. The second-order valence-corrected chi connectivity index (χ2v) is 4.52. The number of carboxylic acid groups (broad SMARTS) is 1. The fourth-order valence-electron chi connectivity index (χ4n) is 2.13. The Morgan fingerprint density at radius 3 is 2.53 bits per heavy atom. The minimum absolute atomic E-state index is 0.203. The number of nitrogens with two attached hydrogens (primary N) is 1. The van der Waals surface area contributed by atoms with E-state index in [4.69, 9.17) is 10.8 Å². The van der Waals surface area contributed by atoms with Gasteiger partial charge in [-0.1, -0.05) is 6.07 Å². The molecule has 1 aromatic carbocycles. The van der Waals surface area contributed by atoms with E-state index in [2.05, 4.69) is 0 Å². The molecule has 0 aliphatic carbocycles. The van der Waals surface area contributed by atoms with Gasteiger partial charge in [-0.3, -0.25) is 14.4 Å². The lowest BCUT2D eigenvalue weighted by atomic mass is 10.1. The van der Waals surface area contributed by atoms with Crippen molar-refractivity contribution in [1.29, 1.82) is 0 Å². The van der Waals surface area contributed by atoms with Crippen molar-refractivity contribution in [2.45, 2.75) is 6.42 Å². The van der Waals surface area contributed by atoms with Gasteiger partial charge in [0.15, 0.2) is 0 Å². The zero-order chi connectivity index (χ0) is 14.0. The summed E-state index contributed by atoms with van der Waals surface area (Å²) in [5.74, 6) is -2.27. The first-order valence-electron chi connectivity index (χ1n) is 5.91. The van der Waals surface area contributed by atoms with Crippen molar-refractivity contribution in [3.63, 3.8) is 0 Å². The number of hydrogen-bond acceptors (Lipinski definition) is 3. The van der Waals surface area contributed by atoms with Crippen LogP contribution >= 0.6 is 0 Å². The number of carbonyl (C=O) groups is 3. The lowest BCUT2D eigenvalue weighted by Crippen LogP contribution is -2.30. The average molecular weight is 262 g/mol. The van der Waals surface area contributed by atoms with Gasteiger partial charge in [-0.05, 0) is 24.6 Å². The van der Waals surface area contributed by atoms with Crippen LogP contribution in [-0.2, 0) is 4.79 Å². The quantitative estimate of drug-likeness (QED) is 0.819. The van der Waals surface area contributed by atoms with E-state index >= 15 is 0 Å². The fourth-order valence-corrected chi connectivity index (χ4v) is 2.13. The van der Waals surface area contributed by atoms with E-state index in [1.807, 2.05) is 0 Å². The lowest BCUT2D eigenvalue weighted by molar-refractivity contribution is -0.141. The number of carboxylic acids is 1. The number of benzene rings is 1. The minimum Gasteiger partial charge on any atom is -0.481 e. The van der Waals surface area contributed by atoms with Crippen molar-refractivity contribution in [3.8, 4) is 0 Å². The maximum absolute atomic E-state index is 12.2. The second-order valence-electron chi connectivity index (χ2n) is 4.52. The highest BCUT2D eigenvalue weighted by Crippen LogP contribution is 2.19. The van der Waals surface area contributed by atoms with Gasteiger partial charge in [-0.25, -0.2) is 0 Å². The van der Waals surface area contributed by atoms with E-state index in [1.54, 1.807) is 12.1 Å². The molecule has 0 aromatic heterocycles. The summed E-state index contributed by atoms with van der Waals surface area (Å²) in [6.45, 7) is 0.617. The second kappa shape index (κ2) is 5.09. The number of likely N-dealkylation sites (tertiary alicyclic amines) is 1. The molecule has 0 bridgehead atoms. The van der Waals surface area contributed by atoms with Crippen LogP contribution in [0.1, 0.15) is 27.1 Å². The Bertz CT molecular complexity index is 541. The number of amides is 2. The van der Waals surface area contributed by atoms with Crippen molar-refractivity contribution in [1.82, 2.24) is 4.90 Å². The molecule has 2 amide bonds. The zero-order valence-electron chi connectivity index (χ0n) is 10.2. The maximum Gasteiger partial charge on any atom is 0.308 e. The topological polar surface area (TPSA) is 101 Å². The van der Waals surface area contributed by atoms with Crippen LogP contribution in [0.4, 0.5) is 0 Å². The molecule has 1 unspecified atom stereocenters. The smallest absolute Gasteiger partial charge is 0.308 e. The van der Waals surface area contributed by atoms with E-state index < -0.39 is 17.8 Å². The summed E-state index contributed by atoms with van der Waals surface area (Å²) in [6.07, 6.45) is 0.455. The minimum atomic E-state index is -0.888. The van der Waals surface area contributed by atoms with Crippen molar-refractivity contribution in [2.24, 2.45) is 11.7 Å². The van der Waals surface area contributed by atoms with Crippen LogP contribution < -0.4 is 5.73 Å². The molecule has 6 nitrogen and oxygen atoms in total. The molecular formula is C13H14N2O4. The standard InChI is InChI=1S/C13H14N2O4/c14-11(16)8-2-1-3-9(6-8)12(17)15-5-4-10(7-15)13(18)19/h1-3,6,10H,4-5,7H2,(H2,14,16)(H,18,19). The largest absolute Gasteiger partial charge is 0.481 e. The average Bonchev–Trinajstić information content (AvgIpc) is 2.87. The molecular weight excluding hydrogens is 248 g/mol. The molecule has 6 heteroatoms. The molecule has 1 aromatic rings. The first-order chi connectivity index (χ1) is 8.99. The van der Waals surface area contributed by atoms with Crippen molar-refractivity contribution in [2.75, 3.05) is 13.1 Å². The Kier molecular flexibility index (Phi) is 3.50. The maximum atomic E-state index is 12.2.